The number of hydrogen-bond donors (Lipinski definition) is 1. The molecule has 2 aromatic heterocycles. The van der Waals surface area contributed by atoms with Crippen LogP contribution in [0.2, 0.25) is 0 Å². The van der Waals surface area contributed by atoms with Crippen molar-refractivity contribution in [1.29, 1.82) is 5.26 Å². The Hall–Kier alpha value is -3.36. The number of aromatic nitrogens is 4. The average Bonchev–Trinajstić information content (AvgIpc) is 3.23. The second kappa shape index (κ2) is 7.94. The molecule has 6 heteroatoms. The van der Waals surface area contributed by atoms with E-state index in [9.17, 15) is 5.26 Å². The number of H-pyrrole nitrogens is 1. The van der Waals surface area contributed by atoms with Gasteiger partial charge in [-0.2, -0.15) is 10.4 Å². The smallest absolute Gasteiger partial charge is 0.149 e. The van der Waals surface area contributed by atoms with Crippen molar-refractivity contribution in [3.63, 3.8) is 0 Å². The van der Waals surface area contributed by atoms with Gasteiger partial charge in [0.2, 0.25) is 0 Å². The fourth-order valence-corrected chi connectivity index (χ4v) is 3.35. The summed E-state index contributed by atoms with van der Waals surface area (Å²) < 4.78 is 1.93. The molecule has 0 fully saturated rings. The van der Waals surface area contributed by atoms with Crippen LogP contribution in [0, 0.1) is 39.0 Å². The van der Waals surface area contributed by atoms with E-state index >= 15 is 0 Å². The number of rotatable bonds is 3. The van der Waals surface area contributed by atoms with E-state index in [0.717, 1.165) is 33.7 Å². The Bertz CT molecular complexity index is 1240. The van der Waals surface area contributed by atoms with Gasteiger partial charge in [0, 0.05) is 11.3 Å². The third-order valence-electron chi connectivity index (χ3n) is 5.14. The van der Waals surface area contributed by atoms with Crippen LogP contribution >= 0.6 is 12.4 Å². The summed E-state index contributed by atoms with van der Waals surface area (Å²) in [5, 5.41) is 14.4. The molecule has 146 valence electrons. The Labute approximate surface area is 176 Å². The molecule has 0 saturated heterocycles. The van der Waals surface area contributed by atoms with Gasteiger partial charge in [-0.3, -0.25) is 0 Å². The molecule has 4 aromatic rings. The quantitative estimate of drug-likeness (QED) is 0.461. The fraction of sp³-hybridized carbons (Fsp3) is 0.174. The molecule has 0 saturated carbocycles. The van der Waals surface area contributed by atoms with Crippen LogP contribution in [-0.4, -0.2) is 19.7 Å². The van der Waals surface area contributed by atoms with Crippen LogP contribution < -0.4 is 0 Å². The molecule has 0 radical (unpaired) electrons. The van der Waals surface area contributed by atoms with Crippen molar-refractivity contribution in [1.82, 2.24) is 19.7 Å². The highest BCUT2D eigenvalue weighted by Gasteiger charge is 2.15. The maximum absolute atomic E-state index is 9.73. The lowest BCUT2D eigenvalue weighted by Gasteiger charge is -2.07. The van der Waals surface area contributed by atoms with Crippen molar-refractivity contribution < 1.29 is 0 Å². The van der Waals surface area contributed by atoms with E-state index in [1.807, 2.05) is 48.9 Å². The van der Waals surface area contributed by atoms with Crippen LogP contribution in [-0.2, 0) is 0 Å². The van der Waals surface area contributed by atoms with Crippen LogP contribution in [0.25, 0.3) is 28.4 Å². The van der Waals surface area contributed by atoms with Crippen LogP contribution in [0.3, 0.4) is 0 Å². The van der Waals surface area contributed by atoms with E-state index in [1.165, 1.54) is 11.1 Å². The molecule has 0 bridgehead atoms. The second-order valence-electron chi connectivity index (χ2n) is 7.04. The van der Waals surface area contributed by atoms with Gasteiger partial charge < -0.3 is 4.98 Å². The molecule has 0 unspecified atom stereocenters. The van der Waals surface area contributed by atoms with E-state index in [4.69, 9.17) is 5.10 Å². The summed E-state index contributed by atoms with van der Waals surface area (Å²) >= 11 is 0. The van der Waals surface area contributed by atoms with E-state index in [2.05, 4.69) is 48.1 Å². The zero-order valence-corrected chi connectivity index (χ0v) is 17.6. The number of halogens is 1. The molecule has 5 nitrogen and oxygen atoms in total. The number of benzene rings is 2. The summed E-state index contributed by atoms with van der Waals surface area (Å²) in [5.41, 5.74) is 8.55. The van der Waals surface area contributed by atoms with Crippen molar-refractivity contribution in [2.75, 3.05) is 0 Å². The van der Waals surface area contributed by atoms with Gasteiger partial charge in [-0.05, 0) is 69.2 Å². The van der Waals surface area contributed by atoms with Gasteiger partial charge in [0.05, 0.1) is 28.0 Å². The van der Waals surface area contributed by atoms with E-state index < -0.39 is 0 Å². The highest BCUT2D eigenvalue weighted by atomic mass is 35.5. The first kappa shape index (κ1) is 20.4. The molecule has 4 rings (SSSR count). The van der Waals surface area contributed by atoms with Crippen LogP contribution in [0.4, 0.5) is 0 Å². The summed E-state index contributed by atoms with van der Waals surface area (Å²) in [5.74, 6) is 0.571. The number of fused-ring (bicyclic) bond motifs is 1. The van der Waals surface area contributed by atoms with Gasteiger partial charge in [0.15, 0.2) is 0 Å². The van der Waals surface area contributed by atoms with E-state index in [-0.39, 0.29) is 12.4 Å². The number of imidazole rings is 1. The Kier molecular flexibility index (Phi) is 5.58. The highest BCUT2D eigenvalue weighted by Crippen LogP contribution is 2.25. The van der Waals surface area contributed by atoms with Gasteiger partial charge in [-0.1, -0.05) is 18.2 Å². The summed E-state index contributed by atoms with van der Waals surface area (Å²) in [6.45, 7) is 8.18. The van der Waals surface area contributed by atoms with Crippen molar-refractivity contribution in [2.45, 2.75) is 27.7 Å². The molecular formula is C23H22ClN5. The summed E-state index contributed by atoms with van der Waals surface area (Å²) in [4.78, 5) is 7.78. The minimum Gasteiger partial charge on any atom is -0.337 e. The molecule has 2 aromatic carbocycles. The molecule has 29 heavy (non-hydrogen) atoms. The number of aromatic amines is 1. The van der Waals surface area contributed by atoms with Crippen molar-refractivity contribution in [3.05, 3.63) is 76.4 Å². The van der Waals surface area contributed by atoms with Crippen molar-refractivity contribution in [2.24, 2.45) is 0 Å². The highest BCUT2D eigenvalue weighted by molar-refractivity contribution is 5.91. The zero-order valence-electron chi connectivity index (χ0n) is 16.8. The minimum absolute atomic E-state index is 0. The van der Waals surface area contributed by atoms with Gasteiger partial charge in [-0.25, -0.2) is 9.67 Å². The summed E-state index contributed by atoms with van der Waals surface area (Å²) in [7, 11) is 0. The standard InChI is InChI=1S/C23H21N5.ClH/c1-14-9-10-19(11-15(14)2)28-17(4)20(16(3)27-28)12-18(13-24)23-25-21-7-5-6-8-22(21)26-23;/h5-12H,1-4H3,(H,25,26);1H. The first-order chi connectivity index (χ1) is 13.5. The molecular weight excluding hydrogens is 382 g/mol. The Balaban J connectivity index is 0.00000240. The lowest BCUT2D eigenvalue weighted by atomic mass is 10.1. The molecule has 1 N–H and O–H groups in total. The molecule has 0 aliphatic carbocycles. The number of para-hydroxylation sites is 2. The summed E-state index contributed by atoms with van der Waals surface area (Å²) in [6, 6.07) is 16.3. The van der Waals surface area contributed by atoms with Crippen LogP contribution in [0.15, 0.2) is 42.5 Å². The van der Waals surface area contributed by atoms with Crippen molar-refractivity contribution in [3.8, 4) is 11.8 Å². The lowest BCUT2D eigenvalue weighted by Crippen LogP contribution is -2.00. The van der Waals surface area contributed by atoms with Crippen molar-refractivity contribution >= 4 is 35.1 Å². The molecule has 0 atom stereocenters. The van der Waals surface area contributed by atoms with E-state index in [1.54, 1.807) is 0 Å². The fourth-order valence-electron chi connectivity index (χ4n) is 3.35. The van der Waals surface area contributed by atoms with Crippen LogP contribution in [0.1, 0.15) is 33.9 Å². The molecule has 0 amide bonds. The summed E-state index contributed by atoms with van der Waals surface area (Å²) in [6.07, 6.45) is 1.87. The largest absolute Gasteiger partial charge is 0.337 e. The Morgan fingerprint density at radius 1 is 1.07 bits per heavy atom. The van der Waals surface area contributed by atoms with Gasteiger partial charge in [0.25, 0.3) is 0 Å². The monoisotopic (exact) mass is 403 g/mol. The Morgan fingerprint density at radius 2 is 1.83 bits per heavy atom. The van der Waals surface area contributed by atoms with E-state index in [0.29, 0.717) is 11.4 Å². The molecule has 0 aliphatic heterocycles. The first-order valence-electron chi connectivity index (χ1n) is 9.18. The number of hydrogen-bond acceptors (Lipinski definition) is 3. The number of nitrogens with zero attached hydrogens (tertiary/aromatic N) is 4. The van der Waals surface area contributed by atoms with Gasteiger partial charge >= 0.3 is 0 Å². The Morgan fingerprint density at radius 3 is 2.52 bits per heavy atom. The first-order valence-corrected chi connectivity index (χ1v) is 9.18. The molecule has 0 aliphatic rings. The average molecular weight is 404 g/mol. The molecule has 0 spiro atoms. The number of nitriles is 1. The third kappa shape index (κ3) is 3.67. The minimum atomic E-state index is 0. The van der Waals surface area contributed by atoms with Crippen LogP contribution in [0.5, 0.6) is 0 Å². The third-order valence-corrected chi connectivity index (χ3v) is 5.14. The number of nitrogens with one attached hydrogen (secondary N) is 1. The maximum Gasteiger partial charge on any atom is 0.149 e. The van der Waals surface area contributed by atoms with Gasteiger partial charge in [-0.15, -0.1) is 12.4 Å². The number of allylic oxidation sites excluding steroid dienone is 1. The normalized spacial score (nSPS) is 11.3. The predicted molar refractivity (Wildman–Crippen MR) is 119 cm³/mol. The maximum atomic E-state index is 9.73. The molecule has 2 heterocycles. The van der Waals surface area contributed by atoms with Gasteiger partial charge in [0.1, 0.15) is 11.9 Å². The number of aryl methyl sites for hydroxylation is 3. The predicted octanol–water partition coefficient (Wildman–Crippen LogP) is 5.47. The second-order valence-corrected chi connectivity index (χ2v) is 7.04. The topological polar surface area (TPSA) is 70.3 Å². The zero-order chi connectivity index (χ0) is 19.8. The SMILES string of the molecule is Cc1ccc(-n2nc(C)c(C=C(C#N)c3nc4ccccc4[nH]3)c2C)cc1C.Cl. The lowest BCUT2D eigenvalue weighted by molar-refractivity contribution is 0.832.